The Bertz CT molecular complexity index is 772. The highest BCUT2D eigenvalue weighted by molar-refractivity contribution is 6.31. The van der Waals surface area contributed by atoms with Gasteiger partial charge in [-0.15, -0.1) is 0 Å². The monoisotopic (exact) mass is 386 g/mol. The molecule has 0 unspecified atom stereocenters. The van der Waals surface area contributed by atoms with Crippen molar-refractivity contribution < 1.29 is 4.79 Å². The lowest BCUT2D eigenvalue weighted by atomic mass is 9.96. The number of nitrogens with zero attached hydrogens (tertiary/aromatic N) is 2. The summed E-state index contributed by atoms with van der Waals surface area (Å²) in [5, 5.41) is 6.86. The van der Waals surface area contributed by atoms with E-state index in [1.165, 1.54) is 12.8 Å². The van der Waals surface area contributed by atoms with Gasteiger partial charge in [0.25, 0.3) is 5.91 Å². The predicted molar refractivity (Wildman–Crippen MR) is 112 cm³/mol. The van der Waals surface area contributed by atoms with Crippen molar-refractivity contribution in [3.8, 4) is 0 Å². The van der Waals surface area contributed by atoms with E-state index in [1.54, 1.807) is 30.5 Å². The molecule has 0 atom stereocenters. The number of likely N-dealkylation sites (tertiary alicyclic amines) is 1. The normalized spacial score (nSPS) is 15.7. The van der Waals surface area contributed by atoms with E-state index in [0.29, 0.717) is 34.1 Å². The summed E-state index contributed by atoms with van der Waals surface area (Å²) < 4.78 is 0. The van der Waals surface area contributed by atoms with Crippen molar-refractivity contribution in [3.05, 3.63) is 53.2 Å². The van der Waals surface area contributed by atoms with Crippen LogP contribution in [0.2, 0.25) is 5.02 Å². The van der Waals surface area contributed by atoms with Gasteiger partial charge < -0.3 is 15.5 Å². The summed E-state index contributed by atoms with van der Waals surface area (Å²) >= 11 is 5.99. The van der Waals surface area contributed by atoms with Gasteiger partial charge in [-0.25, -0.2) is 4.98 Å². The van der Waals surface area contributed by atoms with Crippen molar-refractivity contribution >= 4 is 29.0 Å². The van der Waals surface area contributed by atoms with Crippen LogP contribution in [0.25, 0.3) is 0 Å². The number of aromatic nitrogens is 1. The number of halogens is 1. The number of amides is 1. The number of carbonyl (C=O) groups is 1. The number of anilines is 2. The second-order valence-electron chi connectivity index (χ2n) is 7.32. The van der Waals surface area contributed by atoms with Crippen LogP contribution >= 0.6 is 11.6 Å². The first-order chi connectivity index (χ1) is 13.0. The summed E-state index contributed by atoms with van der Waals surface area (Å²) in [6, 6.07) is 11.3. The number of nitrogens with one attached hydrogen (secondary N) is 2. The minimum Gasteiger partial charge on any atom is -0.369 e. The second kappa shape index (κ2) is 9.20. The lowest BCUT2D eigenvalue weighted by molar-refractivity contribution is 0.102. The zero-order valence-corrected chi connectivity index (χ0v) is 16.7. The van der Waals surface area contributed by atoms with Gasteiger partial charge in [-0.1, -0.05) is 17.7 Å². The largest absolute Gasteiger partial charge is 0.369 e. The highest BCUT2D eigenvalue weighted by Crippen LogP contribution is 2.21. The number of hydrogen-bond donors (Lipinski definition) is 2. The first-order valence-corrected chi connectivity index (χ1v) is 9.90. The fourth-order valence-electron chi connectivity index (χ4n) is 3.41. The maximum absolute atomic E-state index is 12.7. The average Bonchev–Trinajstić information content (AvgIpc) is 2.67. The zero-order valence-electron chi connectivity index (χ0n) is 15.9. The van der Waals surface area contributed by atoms with Crippen LogP contribution in [0.3, 0.4) is 0 Å². The highest BCUT2D eigenvalue weighted by Gasteiger charge is 2.21. The van der Waals surface area contributed by atoms with E-state index in [0.717, 1.165) is 19.6 Å². The van der Waals surface area contributed by atoms with Gasteiger partial charge in [0.05, 0.1) is 5.56 Å². The van der Waals surface area contributed by atoms with Crippen LogP contribution in [0.15, 0.2) is 42.6 Å². The maximum atomic E-state index is 12.7. The molecule has 27 heavy (non-hydrogen) atoms. The van der Waals surface area contributed by atoms with Crippen LogP contribution in [0.4, 0.5) is 11.5 Å². The number of benzene rings is 1. The Morgan fingerprint density at radius 1 is 1.26 bits per heavy atom. The minimum atomic E-state index is -0.192. The summed E-state index contributed by atoms with van der Waals surface area (Å²) in [5.74, 6) is 1.04. The van der Waals surface area contributed by atoms with Crippen LogP contribution < -0.4 is 10.6 Å². The molecule has 1 amide bonds. The molecule has 1 fully saturated rings. The average molecular weight is 387 g/mol. The molecule has 0 saturated carbocycles. The molecule has 1 aliphatic rings. The lowest BCUT2D eigenvalue weighted by Crippen LogP contribution is -2.40. The molecule has 5 nitrogen and oxygen atoms in total. The molecule has 0 bridgehead atoms. The molecule has 0 aliphatic carbocycles. The summed E-state index contributed by atoms with van der Waals surface area (Å²) in [6.45, 7) is 7.59. The molecule has 144 valence electrons. The standard InChI is InChI=1S/C21H27ClN4O/c1-15(2)26-11-8-16(9-12-26)14-24-20-19(7-4-10-23-20)21(27)25-18-6-3-5-17(22)13-18/h3-7,10,13,15-16H,8-9,11-12,14H2,1-2H3,(H,23,24)(H,25,27). The fraction of sp³-hybridized carbons (Fsp3) is 0.429. The minimum absolute atomic E-state index is 0.192. The van der Waals surface area contributed by atoms with Gasteiger partial charge >= 0.3 is 0 Å². The van der Waals surface area contributed by atoms with Crippen molar-refractivity contribution in [2.75, 3.05) is 30.3 Å². The molecule has 6 heteroatoms. The van der Waals surface area contributed by atoms with Gasteiger partial charge in [0, 0.05) is 29.5 Å². The SMILES string of the molecule is CC(C)N1CCC(CNc2ncccc2C(=O)Nc2cccc(Cl)c2)CC1. The molecule has 2 aromatic rings. The van der Waals surface area contributed by atoms with E-state index in [9.17, 15) is 4.79 Å². The smallest absolute Gasteiger partial charge is 0.259 e. The van der Waals surface area contributed by atoms with Crippen molar-refractivity contribution in [3.63, 3.8) is 0 Å². The van der Waals surface area contributed by atoms with Crippen molar-refractivity contribution in [1.29, 1.82) is 0 Å². The zero-order chi connectivity index (χ0) is 19.2. The second-order valence-corrected chi connectivity index (χ2v) is 7.75. The summed E-state index contributed by atoms with van der Waals surface area (Å²) in [6.07, 6.45) is 4.05. The Morgan fingerprint density at radius 3 is 2.74 bits per heavy atom. The molecule has 2 N–H and O–H groups in total. The van der Waals surface area contributed by atoms with Gasteiger partial charge in [0.1, 0.15) is 5.82 Å². The molecule has 2 heterocycles. The van der Waals surface area contributed by atoms with Gasteiger partial charge in [-0.05, 0) is 76.0 Å². The molecular weight excluding hydrogens is 360 g/mol. The quantitative estimate of drug-likeness (QED) is 0.766. The molecule has 1 saturated heterocycles. The summed E-state index contributed by atoms with van der Waals surface area (Å²) in [7, 11) is 0. The van der Waals surface area contributed by atoms with Gasteiger partial charge in [0.15, 0.2) is 0 Å². The van der Waals surface area contributed by atoms with Crippen LogP contribution in [0, 0.1) is 5.92 Å². The van der Waals surface area contributed by atoms with Gasteiger partial charge in [-0.2, -0.15) is 0 Å². The number of rotatable bonds is 6. The first-order valence-electron chi connectivity index (χ1n) is 9.53. The Morgan fingerprint density at radius 2 is 2.04 bits per heavy atom. The van der Waals surface area contributed by atoms with Crippen molar-refractivity contribution in [2.24, 2.45) is 5.92 Å². The lowest BCUT2D eigenvalue weighted by Gasteiger charge is -2.34. The van der Waals surface area contributed by atoms with E-state index in [2.05, 4.69) is 34.4 Å². The number of pyridine rings is 1. The number of carbonyl (C=O) groups excluding carboxylic acids is 1. The Balaban J connectivity index is 1.60. The molecule has 1 aromatic carbocycles. The van der Waals surface area contributed by atoms with E-state index in [-0.39, 0.29) is 5.91 Å². The van der Waals surface area contributed by atoms with Crippen LogP contribution in [-0.2, 0) is 0 Å². The molecule has 0 spiro atoms. The molecule has 1 aliphatic heterocycles. The Labute approximate surface area is 166 Å². The Kier molecular flexibility index (Phi) is 6.69. The molecule has 3 rings (SSSR count). The maximum Gasteiger partial charge on any atom is 0.259 e. The van der Waals surface area contributed by atoms with E-state index in [4.69, 9.17) is 11.6 Å². The topological polar surface area (TPSA) is 57.3 Å². The predicted octanol–water partition coefficient (Wildman–Crippen LogP) is 4.52. The fourth-order valence-corrected chi connectivity index (χ4v) is 3.60. The number of hydrogen-bond acceptors (Lipinski definition) is 4. The third kappa shape index (κ3) is 5.44. The number of piperidine rings is 1. The van der Waals surface area contributed by atoms with E-state index < -0.39 is 0 Å². The summed E-state index contributed by atoms with van der Waals surface area (Å²) in [4.78, 5) is 19.6. The van der Waals surface area contributed by atoms with Crippen LogP contribution in [-0.4, -0.2) is 41.5 Å². The molecule has 0 radical (unpaired) electrons. The van der Waals surface area contributed by atoms with Crippen molar-refractivity contribution in [1.82, 2.24) is 9.88 Å². The third-order valence-corrected chi connectivity index (χ3v) is 5.31. The molecular formula is C21H27ClN4O. The first kappa shape index (κ1) is 19.6. The highest BCUT2D eigenvalue weighted by atomic mass is 35.5. The Hall–Kier alpha value is -2.11. The van der Waals surface area contributed by atoms with E-state index >= 15 is 0 Å². The van der Waals surface area contributed by atoms with Gasteiger partial charge in [-0.3, -0.25) is 4.79 Å². The molecule has 1 aromatic heterocycles. The van der Waals surface area contributed by atoms with Crippen LogP contribution in [0.1, 0.15) is 37.0 Å². The van der Waals surface area contributed by atoms with Crippen LogP contribution in [0.5, 0.6) is 0 Å². The summed E-state index contributed by atoms with van der Waals surface area (Å²) in [5.41, 5.74) is 1.21. The van der Waals surface area contributed by atoms with E-state index in [1.807, 2.05) is 12.1 Å². The van der Waals surface area contributed by atoms with Crippen molar-refractivity contribution in [2.45, 2.75) is 32.7 Å². The van der Waals surface area contributed by atoms with Gasteiger partial charge in [0.2, 0.25) is 0 Å². The third-order valence-electron chi connectivity index (χ3n) is 5.07.